The number of rotatable bonds is 2. The van der Waals surface area contributed by atoms with Gasteiger partial charge in [-0.3, -0.25) is 0 Å². The van der Waals surface area contributed by atoms with E-state index in [2.05, 4.69) is 236 Å². The Bertz CT molecular complexity index is 2870. The zero-order valence-corrected chi connectivity index (χ0v) is 40.9. The number of benzene rings is 6. The molecule has 62 heavy (non-hydrogen) atoms. The molecule has 0 saturated heterocycles. The summed E-state index contributed by atoms with van der Waals surface area (Å²) in [6.45, 7) is 40.1. The fourth-order valence-corrected chi connectivity index (χ4v) is 10.7. The van der Waals surface area contributed by atoms with Gasteiger partial charge in [0.15, 0.2) is 0 Å². The smallest absolute Gasteiger partial charge is 0.247 e. The molecule has 0 amide bonds. The van der Waals surface area contributed by atoms with E-state index in [1.165, 1.54) is 99.9 Å². The number of aromatic nitrogens is 1. The van der Waals surface area contributed by atoms with Gasteiger partial charge in [-0.1, -0.05) is 172 Å². The minimum Gasteiger partial charge on any atom is -0.312 e. The topological polar surface area (TPSA) is 8.17 Å². The summed E-state index contributed by atoms with van der Waals surface area (Å²) >= 11 is 0. The van der Waals surface area contributed by atoms with Crippen LogP contribution in [0, 0.1) is 0 Å². The quantitative estimate of drug-likeness (QED) is 0.158. The normalized spacial score (nSPS) is 15.2. The molecular weight excluding hydrogens is 747 g/mol. The van der Waals surface area contributed by atoms with Crippen molar-refractivity contribution in [3.63, 3.8) is 0 Å². The van der Waals surface area contributed by atoms with Crippen LogP contribution in [0.5, 0.6) is 0 Å². The van der Waals surface area contributed by atoms with E-state index in [-0.39, 0.29) is 39.2 Å². The van der Waals surface area contributed by atoms with Gasteiger partial charge in [-0.15, -0.1) is 0 Å². The Kier molecular flexibility index (Phi) is 9.21. The third-order valence-corrected chi connectivity index (χ3v) is 14.4. The van der Waals surface area contributed by atoms with Crippen LogP contribution in [0.4, 0.5) is 17.1 Å². The van der Waals surface area contributed by atoms with E-state index in [1.807, 2.05) is 0 Å². The second-order valence-electron chi connectivity index (χ2n) is 24.5. The Morgan fingerprint density at radius 3 is 1.40 bits per heavy atom. The van der Waals surface area contributed by atoms with Crippen molar-refractivity contribution < 1.29 is 0 Å². The molecule has 0 fully saturated rings. The summed E-state index contributed by atoms with van der Waals surface area (Å²) < 4.78 is 2.55. The Balaban J connectivity index is 1.37. The molecule has 9 rings (SSSR count). The van der Waals surface area contributed by atoms with E-state index in [1.54, 1.807) is 0 Å². The van der Waals surface area contributed by atoms with Crippen LogP contribution in [0.3, 0.4) is 0 Å². The fraction of sp³-hybridized carbons (Fsp3) is 0.390. The summed E-state index contributed by atoms with van der Waals surface area (Å²) in [7, 11) is 0. The van der Waals surface area contributed by atoms with Crippen LogP contribution >= 0.6 is 0 Å². The first-order chi connectivity index (χ1) is 28.7. The maximum absolute atomic E-state index is 2.58. The minimum atomic E-state index is -0.247. The van der Waals surface area contributed by atoms with Crippen LogP contribution in [0.2, 0.25) is 0 Å². The Labute approximate surface area is 373 Å². The SMILES string of the molecule is CC(C)(C)c1ccc(N2c3ccc(C(C)(C)C)cc3B3c4cc(-n5c6ccc(C(C)(C)C)cc6c6cc(C(C)(C)C)ccc65)ccc4C(C)(C)c4c(C(C)(C)C)ccc2c43)cc1. The molecule has 318 valence electrons. The number of hydrogen-bond donors (Lipinski definition) is 0. The highest BCUT2D eigenvalue weighted by atomic mass is 15.2. The molecule has 2 aliphatic rings. The predicted octanol–water partition coefficient (Wildman–Crippen LogP) is 14.2. The molecule has 0 atom stereocenters. The summed E-state index contributed by atoms with van der Waals surface area (Å²) in [6, 6.07) is 43.5. The van der Waals surface area contributed by atoms with E-state index < -0.39 is 0 Å². The summed E-state index contributed by atoms with van der Waals surface area (Å²) in [6.07, 6.45) is 0. The van der Waals surface area contributed by atoms with E-state index in [0.29, 0.717) is 0 Å². The molecule has 2 aliphatic heterocycles. The van der Waals surface area contributed by atoms with E-state index in [4.69, 9.17) is 0 Å². The van der Waals surface area contributed by atoms with Crippen molar-refractivity contribution in [2.24, 2.45) is 0 Å². The maximum atomic E-state index is 2.58. The van der Waals surface area contributed by atoms with Gasteiger partial charge in [0.25, 0.3) is 0 Å². The molecule has 0 saturated carbocycles. The molecule has 0 unspecified atom stereocenters. The lowest BCUT2D eigenvalue weighted by Gasteiger charge is -2.48. The van der Waals surface area contributed by atoms with Crippen molar-refractivity contribution in [2.45, 2.75) is 150 Å². The average molecular weight is 817 g/mol. The Hall–Kier alpha value is -5.02. The van der Waals surface area contributed by atoms with Crippen LogP contribution in [0.15, 0.2) is 109 Å². The highest BCUT2D eigenvalue weighted by molar-refractivity contribution is 6.99. The summed E-state index contributed by atoms with van der Waals surface area (Å²) in [5.41, 5.74) is 21.4. The van der Waals surface area contributed by atoms with Crippen molar-refractivity contribution in [3.8, 4) is 5.69 Å². The van der Waals surface area contributed by atoms with Crippen molar-refractivity contribution in [1.29, 1.82) is 0 Å². The molecule has 0 aliphatic carbocycles. The van der Waals surface area contributed by atoms with Gasteiger partial charge in [0.1, 0.15) is 0 Å². The largest absolute Gasteiger partial charge is 0.312 e. The summed E-state index contributed by atoms with van der Waals surface area (Å²) in [5, 5.41) is 2.65. The second kappa shape index (κ2) is 13.5. The van der Waals surface area contributed by atoms with Gasteiger partial charge < -0.3 is 9.47 Å². The van der Waals surface area contributed by atoms with Crippen molar-refractivity contribution >= 4 is 62.0 Å². The number of fused-ring (bicyclic) bond motifs is 7. The molecule has 0 bridgehead atoms. The van der Waals surface area contributed by atoms with Crippen LogP contribution in [0.1, 0.15) is 157 Å². The van der Waals surface area contributed by atoms with Crippen molar-refractivity contribution in [1.82, 2.24) is 4.57 Å². The lowest BCUT2D eigenvalue weighted by Crippen LogP contribution is -2.64. The molecule has 7 aromatic rings. The van der Waals surface area contributed by atoms with E-state index >= 15 is 0 Å². The summed E-state index contributed by atoms with van der Waals surface area (Å²) in [4.78, 5) is 2.58. The zero-order chi connectivity index (χ0) is 44.9. The molecule has 1 aromatic heterocycles. The van der Waals surface area contributed by atoms with Crippen LogP contribution < -0.4 is 21.3 Å². The third-order valence-electron chi connectivity index (χ3n) is 14.4. The van der Waals surface area contributed by atoms with Gasteiger partial charge in [-0.05, 0) is 138 Å². The first kappa shape index (κ1) is 42.3. The molecule has 0 radical (unpaired) electrons. The van der Waals surface area contributed by atoms with Crippen LogP contribution in [-0.4, -0.2) is 11.3 Å². The molecule has 3 heterocycles. The van der Waals surface area contributed by atoms with Crippen LogP contribution in [-0.2, 0) is 32.5 Å². The number of nitrogens with zero attached hydrogens (tertiary/aromatic N) is 2. The fourth-order valence-electron chi connectivity index (χ4n) is 10.7. The first-order valence-electron chi connectivity index (χ1n) is 23.1. The van der Waals surface area contributed by atoms with Gasteiger partial charge in [0.2, 0.25) is 6.71 Å². The van der Waals surface area contributed by atoms with E-state index in [9.17, 15) is 0 Å². The summed E-state index contributed by atoms with van der Waals surface area (Å²) in [5.74, 6) is 0. The molecule has 2 nitrogen and oxygen atoms in total. The van der Waals surface area contributed by atoms with Gasteiger partial charge in [0.05, 0.1) is 11.0 Å². The molecule has 0 spiro atoms. The van der Waals surface area contributed by atoms with E-state index in [0.717, 1.165) is 0 Å². The standard InChI is InChI=1S/C59H69BN2/c1-54(2,3)36-18-23-40(24-19-36)61-50-30-22-39(57(10,11)12)34-47(50)60-46-35-41(25-26-44(46)59(16,17)52-45(58(13,14)15)27-31-51(61)53(52)60)62-48-28-20-37(55(4,5)6)32-42(48)43-33-38(56(7,8)9)21-29-49(43)62/h18-35H,1-17H3. The number of anilines is 3. The second-order valence-corrected chi connectivity index (χ2v) is 24.5. The minimum absolute atomic E-state index is 0.00993. The first-order valence-corrected chi connectivity index (χ1v) is 23.1. The monoisotopic (exact) mass is 817 g/mol. The molecular formula is C59H69BN2. The van der Waals surface area contributed by atoms with Gasteiger partial charge in [-0.25, -0.2) is 0 Å². The molecule has 6 aromatic carbocycles. The van der Waals surface area contributed by atoms with Crippen molar-refractivity contribution in [2.75, 3.05) is 4.90 Å². The Morgan fingerprint density at radius 2 is 0.887 bits per heavy atom. The highest BCUT2D eigenvalue weighted by Crippen LogP contribution is 2.47. The van der Waals surface area contributed by atoms with Gasteiger partial charge in [0, 0.05) is 38.9 Å². The predicted molar refractivity (Wildman–Crippen MR) is 272 cm³/mol. The lowest BCUT2D eigenvalue weighted by atomic mass is 9.29. The average Bonchev–Trinajstić information content (AvgIpc) is 3.50. The molecule has 3 heteroatoms. The van der Waals surface area contributed by atoms with Gasteiger partial charge in [-0.2, -0.15) is 0 Å². The Morgan fingerprint density at radius 1 is 0.419 bits per heavy atom. The van der Waals surface area contributed by atoms with Gasteiger partial charge >= 0.3 is 0 Å². The number of hydrogen-bond acceptors (Lipinski definition) is 1. The maximum Gasteiger partial charge on any atom is 0.247 e. The lowest BCUT2D eigenvalue weighted by molar-refractivity contribution is 0.552. The third kappa shape index (κ3) is 6.59. The molecule has 0 N–H and O–H groups in total. The van der Waals surface area contributed by atoms with Crippen molar-refractivity contribution in [3.05, 3.63) is 148 Å². The highest BCUT2D eigenvalue weighted by Gasteiger charge is 2.48. The van der Waals surface area contributed by atoms with Crippen LogP contribution in [0.25, 0.3) is 27.5 Å². The zero-order valence-electron chi connectivity index (χ0n) is 40.9.